The van der Waals surface area contributed by atoms with Crippen LogP contribution in [-0.2, 0) is 9.31 Å². The normalized spacial score (nSPS) is 20.0. The summed E-state index contributed by atoms with van der Waals surface area (Å²) in [5.74, 6) is 0.718. The van der Waals surface area contributed by atoms with Crippen LogP contribution in [0.25, 0.3) is 5.82 Å². The maximum atomic E-state index is 5.98. The first kappa shape index (κ1) is 14.2. The zero-order chi connectivity index (χ0) is 15.3. The lowest BCUT2D eigenvalue weighted by atomic mass is 9.86. The van der Waals surface area contributed by atoms with Crippen LogP contribution in [0.1, 0.15) is 33.4 Å². The van der Waals surface area contributed by atoms with Gasteiger partial charge in [-0.3, -0.25) is 9.55 Å². The van der Waals surface area contributed by atoms with Gasteiger partial charge in [-0.1, -0.05) is 0 Å². The Bertz CT molecular complexity index is 635. The molecule has 3 heterocycles. The van der Waals surface area contributed by atoms with Crippen molar-refractivity contribution in [3.05, 3.63) is 30.6 Å². The fraction of sp³-hybridized carbons (Fsp3) is 0.500. The Morgan fingerprint density at radius 3 is 2.24 bits per heavy atom. The second kappa shape index (κ2) is 4.64. The van der Waals surface area contributed by atoms with E-state index in [0.717, 1.165) is 17.1 Å². The molecule has 1 aliphatic heterocycles. The molecule has 0 saturated carbocycles. The van der Waals surface area contributed by atoms with Crippen LogP contribution in [0.5, 0.6) is 0 Å². The molecule has 1 saturated heterocycles. The number of aromatic nitrogens is 4. The van der Waals surface area contributed by atoms with Gasteiger partial charge in [0.05, 0.1) is 41.2 Å². The van der Waals surface area contributed by atoms with Crippen LogP contribution in [0, 0.1) is 6.92 Å². The highest BCUT2D eigenvalue weighted by Gasteiger charge is 2.52. The average molecular weight is 286 g/mol. The molecular weight excluding hydrogens is 267 g/mol. The summed E-state index contributed by atoms with van der Waals surface area (Å²) in [7, 11) is -0.463. The van der Waals surface area contributed by atoms with Crippen LogP contribution in [0.2, 0.25) is 0 Å². The largest absolute Gasteiger partial charge is 0.516 e. The van der Waals surface area contributed by atoms with E-state index in [1.165, 1.54) is 0 Å². The van der Waals surface area contributed by atoms with Crippen molar-refractivity contribution in [1.29, 1.82) is 0 Å². The molecule has 2 aromatic heterocycles. The second-order valence-electron chi connectivity index (χ2n) is 6.31. The smallest absolute Gasteiger partial charge is 0.398 e. The molecule has 0 radical (unpaired) electrons. The zero-order valence-corrected chi connectivity index (χ0v) is 13.0. The van der Waals surface area contributed by atoms with E-state index in [2.05, 4.69) is 15.0 Å². The summed E-state index contributed by atoms with van der Waals surface area (Å²) < 4.78 is 13.8. The fourth-order valence-corrected chi connectivity index (χ4v) is 2.07. The van der Waals surface area contributed by atoms with Crippen molar-refractivity contribution in [2.45, 2.75) is 45.8 Å². The Balaban J connectivity index is 1.85. The predicted molar refractivity (Wildman–Crippen MR) is 79.6 cm³/mol. The molecule has 0 atom stereocenters. The summed E-state index contributed by atoms with van der Waals surface area (Å²) in [6, 6.07) is 0. The van der Waals surface area contributed by atoms with Gasteiger partial charge in [-0.05, 0) is 34.6 Å². The summed E-state index contributed by atoms with van der Waals surface area (Å²) in [6.45, 7) is 10.00. The zero-order valence-electron chi connectivity index (χ0n) is 13.0. The van der Waals surface area contributed by atoms with Gasteiger partial charge >= 0.3 is 7.12 Å². The van der Waals surface area contributed by atoms with Crippen molar-refractivity contribution in [2.24, 2.45) is 0 Å². The molecule has 0 spiro atoms. The van der Waals surface area contributed by atoms with Crippen LogP contribution in [0.15, 0.2) is 24.9 Å². The molecule has 110 valence electrons. The second-order valence-corrected chi connectivity index (χ2v) is 6.31. The molecular formula is C14H19BN4O2. The van der Waals surface area contributed by atoms with Crippen molar-refractivity contribution in [1.82, 2.24) is 19.5 Å². The molecule has 21 heavy (non-hydrogen) atoms. The highest BCUT2D eigenvalue weighted by Crippen LogP contribution is 2.36. The third kappa shape index (κ3) is 2.47. The van der Waals surface area contributed by atoms with Gasteiger partial charge in [0.1, 0.15) is 0 Å². The van der Waals surface area contributed by atoms with Gasteiger partial charge in [-0.2, -0.15) is 0 Å². The summed E-state index contributed by atoms with van der Waals surface area (Å²) in [6.07, 6.45) is 7.00. The number of hydrogen-bond donors (Lipinski definition) is 0. The van der Waals surface area contributed by atoms with E-state index in [1.54, 1.807) is 18.7 Å². The van der Waals surface area contributed by atoms with Crippen LogP contribution in [0.4, 0.5) is 0 Å². The Morgan fingerprint density at radius 1 is 1.00 bits per heavy atom. The molecule has 0 unspecified atom stereocenters. The van der Waals surface area contributed by atoms with Crippen molar-refractivity contribution in [3.63, 3.8) is 0 Å². The van der Waals surface area contributed by atoms with Crippen LogP contribution in [-0.4, -0.2) is 37.8 Å². The van der Waals surface area contributed by atoms with Gasteiger partial charge < -0.3 is 9.31 Å². The molecule has 2 aromatic rings. The van der Waals surface area contributed by atoms with E-state index in [-0.39, 0.29) is 11.2 Å². The summed E-state index contributed by atoms with van der Waals surface area (Å²) in [4.78, 5) is 12.9. The monoisotopic (exact) mass is 286 g/mol. The van der Waals surface area contributed by atoms with Crippen LogP contribution < -0.4 is 5.59 Å². The molecule has 1 aliphatic rings. The molecule has 0 N–H and O–H groups in total. The van der Waals surface area contributed by atoms with Crippen LogP contribution >= 0.6 is 0 Å². The van der Waals surface area contributed by atoms with Gasteiger partial charge in [0.2, 0.25) is 0 Å². The molecule has 7 heteroatoms. The minimum Gasteiger partial charge on any atom is -0.398 e. The highest BCUT2D eigenvalue weighted by atomic mass is 16.7. The van der Waals surface area contributed by atoms with Gasteiger partial charge in [0.15, 0.2) is 5.82 Å². The molecule has 1 fully saturated rings. The SMILES string of the molecule is Cc1cnc(-n2cnc(B3OC(C)(C)C(C)(C)O3)c2)cn1. The first-order valence-corrected chi connectivity index (χ1v) is 6.97. The Kier molecular flexibility index (Phi) is 3.14. The van der Waals surface area contributed by atoms with E-state index in [1.807, 2.05) is 45.4 Å². The van der Waals surface area contributed by atoms with Crippen molar-refractivity contribution in [2.75, 3.05) is 0 Å². The third-order valence-electron chi connectivity index (χ3n) is 4.13. The number of nitrogens with zero attached hydrogens (tertiary/aromatic N) is 4. The standard InChI is InChI=1S/C14H19BN4O2/c1-10-6-17-12(7-16-10)19-8-11(18-9-19)15-20-13(2,3)14(4,5)21-15/h6-9H,1-5H3. The topological polar surface area (TPSA) is 62.1 Å². The fourth-order valence-electron chi connectivity index (χ4n) is 2.07. The van der Waals surface area contributed by atoms with E-state index in [9.17, 15) is 0 Å². The molecule has 6 nitrogen and oxygen atoms in total. The first-order valence-electron chi connectivity index (χ1n) is 6.97. The Morgan fingerprint density at radius 2 is 1.67 bits per heavy atom. The Hall–Kier alpha value is -1.73. The minimum absolute atomic E-state index is 0.370. The van der Waals surface area contributed by atoms with Gasteiger partial charge in [0, 0.05) is 6.20 Å². The van der Waals surface area contributed by atoms with Gasteiger partial charge in [-0.25, -0.2) is 9.97 Å². The summed E-state index contributed by atoms with van der Waals surface area (Å²) >= 11 is 0. The maximum absolute atomic E-state index is 5.98. The van der Waals surface area contributed by atoms with Crippen molar-refractivity contribution in [3.8, 4) is 5.82 Å². The quantitative estimate of drug-likeness (QED) is 0.778. The number of aryl methyl sites for hydroxylation is 1. The number of imidazole rings is 1. The lowest BCUT2D eigenvalue weighted by Crippen LogP contribution is -2.41. The van der Waals surface area contributed by atoms with E-state index in [4.69, 9.17) is 9.31 Å². The third-order valence-corrected chi connectivity index (χ3v) is 4.13. The maximum Gasteiger partial charge on any atom is 0.516 e. The van der Waals surface area contributed by atoms with Gasteiger partial charge in [-0.15, -0.1) is 0 Å². The van der Waals surface area contributed by atoms with Crippen molar-refractivity contribution >= 4 is 12.7 Å². The number of rotatable bonds is 2. The Labute approximate surface area is 124 Å². The first-order chi connectivity index (χ1) is 9.78. The summed E-state index contributed by atoms with van der Waals surface area (Å²) in [5, 5.41) is 0. The molecule has 0 aromatic carbocycles. The number of hydrogen-bond acceptors (Lipinski definition) is 5. The lowest BCUT2D eigenvalue weighted by molar-refractivity contribution is 0.00578. The van der Waals surface area contributed by atoms with E-state index < -0.39 is 7.12 Å². The average Bonchev–Trinajstić information content (AvgIpc) is 2.94. The van der Waals surface area contributed by atoms with Crippen LogP contribution in [0.3, 0.4) is 0 Å². The molecule has 0 amide bonds. The van der Waals surface area contributed by atoms with Crippen molar-refractivity contribution < 1.29 is 9.31 Å². The van der Waals surface area contributed by atoms with E-state index in [0.29, 0.717) is 0 Å². The molecule has 3 rings (SSSR count). The molecule has 0 bridgehead atoms. The summed E-state index contributed by atoms with van der Waals surface area (Å²) in [5.41, 5.74) is 0.872. The predicted octanol–water partition coefficient (Wildman–Crippen LogP) is 1.27. The van der Waals surface area contributed by atoms with E-state index >= 15 is 0 Å². The highest BCUT2D eigenvalue weighted by molar-refractivity contribution is 6.61. The lowest BCUT2D eigenvalue weighted by Gasteiger charge is -2.32. The van der Waals surface area contributed by atoms with Gasteiger partial charge in [0.25, 0.3) is 0 Å². The minimum atomic E-state index is -0.463. The molecule has 0 aliphatic carbocycles.